The van der Waals surface area contributed by atoms with E-state index in [2.05, 4.69) is 65.9 Å². The molecule has 0 radical (unpaired) electrons. The van der Waals surface area contributed by atoms with Crippen molar-refractivity contribution in [2.24, 2.45) is 35.5 Å². The van der Waals surface area contributed by atoms with E-state index in [-0.39, 0.29) is 83.5 Å². The third kappa shape index (κ3) is 8.01. The predicted octanol–water partition coefficient (Wildman–Crippen LogP) is 7.04. The van der Waals surface area contributed by atoms with Gasteiger partial charge in [0.15, 0.2) is 20.4 Å². The summed E-state index contributed by atoms with van der Waals surface area (Å²) in [5.74, 6) is 0.262. The summed E-state index contributed by atoms with van der Waals surface area (Å²) in [7, 11) is 2.84. The van der Waals surface area contributed by atoms with Gasteiger partial charge in [0.25, 0.3) is 0 Å². The third-order valence-corrected chi connectivity index (χ3v) is 17.4. The van der Waals surface area contributed by atoms with E-state index in [1.807, 2.05) is 6.92 Å². The molecule has 3 fully saturated rings. The van der Waals surface area contributed by atoms with Gasteiger partial charge >= 0.3 is 5.97 Å². The molecule has 0 aromatic heterocycles. The topological polar surface area (TPSA) is 98.8 Å². The van der Waals surface area contributed by atoms with Gasteiger partial charge in [-0.25, -0.2) is 0 Å². The highest BCUT2D eigenvalue weighted by Crippen LogP contribution is 2.54. The van der Waals surface area contributed by atoms with Crippen LogP contribution in [-0.2, 0) is 42.4 Å². The lowest BCUT2D eigenvalue weighted by Crippen LogP contribution is -2.59. The molecule has 5 rings (SSSR count). The highest BCUT2D eigenvalue weighted by atomic mass is 28.4. The van der Waals surface area contributed by atoms with E-state index in [0.717, 1.165) is 44.1 Å². The molecule has 0 bridgehead atoms. The summed E-state index contributed by atoms with van der Waals surface area (Å²) in [6.07, 6.45) is 9.81. The summed E-state index contributed by atoms with van der Waals surface area (Å²) < 4.78 is 43.4. The maximum atomic E-state index is 14.6. The Bertz CT molecular complexity index is 1230. The van der Waals surface area contributed by atoms with Gasteiger partial charge in [0, 0.05) is 33.2 Å². The van der Waals surface area contributed by atoms with Gasteiger partial charge in [0.1, 0.15) is 24.4 Å². The highest BCUT2D eigenvalue weighted by molar-refractivity contribution is 6.74. The number of cyclic esters (lactones) is 1. The first kappa shape index (κ1) is 38.8. The van der Waals surface area contributed by atoms with E-state index in [1.165, 1.54) is 0 Å². The van der Waals surface area contributed by atoms with Gasteiger partial charge in [0.05, 0.1) is 24.7 Å². The molecule has 0 N–H and O–H groups in total. The van der Waals surface area contributed by atoms with Gasteiger partial charge in [-0.1, -0.05) is 52.8 Å². The van der Waals surface area contributed by atoms with Gasteiger partial charge in [-0.2, -0.15) is 0 Å². The second-order valence-corrected chi connectivity index (χ2v) is 21.6. The van der Waals surface area contributed by atoms with Crippen molar-refractivity contribution in [1.29, 1.82) is 0 Å². The molecule has 0 aromatic carbocycles. The van der Waals surface area contributed by atoms with E-state index in [1.54, 1.807) is 21.3 Å². The first-order chi connectivity index (χ1) is 23.1. The lowest BCUT2D eigenvalue weighted by molar-refractivity contribution is -0.314. The standard InChI is InChI=1S/C39H64O9Si/c1-12-25-14-13-15-32(48-49(10,11)39(4,5)6)22(2)34(41)31-20-29-27(30(31)21-33(40)46-25)17-16-24-18-26(19-28(24)29)47-38-37(44-9)36(43-8)35(42-7)23(3)45-38/h16-17,20,22-30,32,35-38H,12-15,18-19,21H2,1-11H3/t22-,23+,24-,25+,26+,27-,28-,29-,30+,32+,35+,36-,37-,38+/m1/s1. The number of carbonyl (C=O) groups excluding carboxylic acids is 2. The molecular weight excluding hydrogens is 641 g/mol. The first-order valence-electron chi connectivity index (χ1n) is 18.8. The van der Waals surface area contributed by atoms with Crippen molar-refractivity contribution in [3.63, 3.8) is 0 Å². The number of hydrogen-bond donors (Lipinski definition) is 0. The normalized spacial score (nSPS) is 42.0. The summed E-state index contributed by atoms with van der Waals surface area (Å²) in [6, 6.07) is 0. The molecule has 0 aromatic rings. The Morgan fingerprint density at radius 1 is 0.918 bits per heavy atom. The number of fused-ring (bicyclic) bond motifs is 5. The Labute approximate surface area is 296 Å². The molecule has 0 unspecified atom stereocenters. The molecular formula is C39H64O9Si. The van der Waals surface area contributed by atoms with Crippen LogP contribution in [0.2, 0.25) is 18.1 Å². The Kier molecular flexibility index (Phi) is 12.4. The largest absolute Gasteiger partial charge is 0.462 e. The number of rotatable bonds is 8. The van der Waals surface area contributed by atoms with Crippen LogP contribution in [0.25, 0.3) is 0 Å². The summed E-state index contributed by atoms with van der Waals surface area (Å²) >= 11 is 0. The Balaban J connectivity index is 1.39. The van der Waals surface area contributed by atoms with E-state index in [0.29, 0.717) is 11.8 Å². The van der Waals surface area contributed by atoms with Crippen molar-refractivity contribution in [2.75, 3.05) is 21.3 Å². The van der Waals surface area contributed by atoms with Crippen LogP contribution in [-0.4, -0.2) is 90.4 Å². The number of carbonyl (C=O) groups is 2. The molecule has 5 aliphatic rings. The maximum absolute atomic E-state index is 14.6. The van der Waals surface area contributed by atoms with Crippen LogP contribution in [0.5, 0.6) is 0 Å². The van der Waals surface area contributed by atoms with E-state index < -0.39 is 20.7 Å². The van der Waals surface area contributed by atoms with Crippen molar-refractivity contribution < 1.29 is 42.4 Å². The number of allylic oxidation sites excluding steroid dienone is 4. The SMILES string of the molecule is CC[C@H]1CCC[C@H](O[Si](C)(C)C(C)(C)C)[C@@H](C)C(=O)C2=C[C@@H]3[C@@H](C=C[C@@H]4C[C@H](O[C@@H]5O[C@@H](C)[C@H](OC)[C@@H](OC)[C@H]5OC)C[C@@H]34)[C@@H]2CC(=O)O1. The molecule has 0 amide bonds. The average molecular weight is 705 g/mol. The fraction of sp³-hybridized carbons (Fsp3) is 0.846. The zero-order valence-corrected chi connectivity index (χ0v) is 32.9. The molecule has 14 atom stereocenters. The minimum absolute atomic E-state index is 0.0336. The quantitative estimate of drug-likeness (QED) is 0.150. The second-order valence-electron chi connectivity index (χ2n) is 16.9. The lowest BCUT2D eigenvalue weighted by atomic mass is 9.70. The minimum Gasteiger partial charge on any atom is -0.462 e. The van der Waals surface area contributed by atoms with Crippen molar-refractivity contribution in [3.05, 3.63) is 23.8 Å². The molecule has 2 heterocycles. The summed E-state index contributed by atoms with van der Waals surface area (Å²) in [6.45, 7) is 17.4. The Hall–Kier alpha value is -1.40. The van der Waals surface area contributed by atoms with Gasteiger partial charge in [-0.3, -0.25) is 9.59 Å². The van der Waals surface area contributed by atoms with Crippen LogP contribution in [0, 0.1) is 35.5 Å². The minimum atomic E-state index is -2.14. The van der Waals surface area contributed by atoms with E-state index in [9.17, 15) is 9.59 Å². The molecule has 2 aliphatic heterocycles. The predicted molar refractivity (Wildman–Crippen MR) is 190 cm³/mol. The molecule has 2 saturated heterocycles. The van der Waals surface area contributed by atoms with Crippen LogP contribution in [0.1, 0.15) is 86.5 Å². The van der Waals surface area contributed by atoms with Crippen molar-refractivity contribution in [2.45, 2.75) is 154 Å². The molecule has 1 saturated carbocycles. The summed E-state index contributed by atoms with van der Waals surface area (Å²) in [5.41, 5.74) is 0.795. The van der Waals surface area contributed by atoms with Crippen LogP contribution in [0.15, 0.2) is 23.8 Å². The molecule has 9 nitrogen and oxygen atoms in total. The zero-order chi connectivity index (χ0) is 35.8. The Morgan fingerprint density at radius 2 is 1.61 bits per heavy atom. The van der Waals surface area contributed by atoms with Crippen LogP contribution >= 0.6 is 0 Å². The summed E-state index contributed by atoms with van der Waals surface area (Å²) in [4.78, 5) is 28.1. The van der Waals surface area contributed by atoms with Crippen molar-refractivity contribution in [1.82, 2.24) is 0 Å². The maximum Gasteiger partial charge on any atom is 0.306 e. The molecule has 3 aliphatic carbocycles. The van der Waals surface area contributed by atoms with Crippen LogP contribution in [0.4, 0.5) is 0 Å². The smallest absolute Gasteiger partial charge is 0.306 e. The van der Waals surface area contributed by atoms with Gasteiger partial charge in [-0.15, -0.1) is 0 Å². The van der Waals surface area contributed by atoms with Gasteiger partial charge in [-0.05, 0) is 92.8 Å². The van der Waals surface area contributed by atoms with E-state index in [4.69, 9.17) is 32.8 Å². The fourth-order valence-corrected chi connectivity index (χ4v) is 10.4. The van der Waals surface area contributed by atoms with Crippen LogP contribution in [0.3, 0.4) is 0 Å². The highest BCUT2D eigenvalue weighted by Gasteiger charge is 2.53. The number of esters is 1. The molecule has 49 heavy (non-hydrogen) atoms. The van der Waals surface area contributed by atoms with Crippen molar-refractivity contribution >= 4 is 20.1 Å². The number of ketones is 1. The molecule has 10 heteroatoms. The van der Waals surface area contributed by atoms with Crippen LogP contribution < -0.4 is 0 Å². The zero-order valence-electron chi connectivity index (χ0n) is 31.9. The first-order valence-corrected chi connectivity index (χ1v) is 21.8. The van der Waals surface area contributed by atoms with Crippen molar-refractivity contribution in [3.8, 4) is 0 Å². The molecule has 278 valence electrons. The monoisotopic (exact) mass is 704 g/mol. The van der Waals surface area contributed by atoms with Gasteiger partial charge in [0.2, 0.25) is 0 Å². The van der Waals surface area contributed by atoms with Gasteiger partial charge < -0.3 is 32.8 Å². The number of Topliss-reactive ketones (excluding diaryl/α,β-unsaturated/α-hetero) is 1. The Morgan fingerprint density at radius 3 is 2.24 bits per heavy atom. The second kappa shape index (κ2) is 15.7. The number of methoxy groups -OCH3 is 3. The molecule has 0 spiro atoms. The number of hydrogen-bond acceptors (Lipinski definition) is 9. The summed E-state index contributed by atoms with van der Waals surface area (Å²) in [5, 5.41) is 0.0336. The fourth-order valence-electron chi connectivity index (χ4n) is 9.02. The number of ether oxygens (including phenoxy) is 6. The third-order valence-electron chi connectivity index (χ3n) is 12.9. The van der Waals surface area contributed by atoms with E-state index >= 15 is 0 Å². The average Bonchev–Trinajstić information content (AvgIpc) is 3.62. The lowest BCUT2D eigenvalue weighted by Gasteiger charge is -2.44.